The van der Waals surface area contributed by atoms with E-state index in [1.807, 2.05) is 5.01 Å². The first kappa shape index (κ1) is 13.6. The molecule has 3 fully saturated rings. The molecule has 3 saturated heterocycles. The minimum Gasteiger partial charge on any atom is -0.343 e. The molecule has 1 atom stereocenters. The van der Waals surface area contributed by atoms with Gasteiger partial charge in [-0.1, -0.05) is 0 Å². The summed E-state index contributed by atoms with van der Waals surface area (Å²) in [7, 11) is 0. The van der Waals surface area contributed by atoms with Crippen LogP contribution in [0.5, 0.6) is 0 Å². The Balaban J connectivity index is 1.62. The zero-order valence-corrected chi connectivity index (χ0v) is 12.3. The van der Waals surface area contributed by atoms with Crippen molar-refractivity contribution >= 4 is 17.9 Å². The van der Waals surface area contributed by atoms with E-state index >= 15 is 0 Å². The Labute approximate surface area is 128 Å². The molecule has 0 radical (unpaired) electrons. The number of hydrogen-bond acceptors (Lipinski definition) is 6. The average Bonchev–Trinajstić information content (AvgIpc) is 3.23. The highest BCUT2D eigenvalue weighted by atomic mass is 16.2. The molecule has 0 bridgehead atoms. The van der Waals surface area contributed by atoms with Crippen LogP contribution in [0.1, 0.15) is 0 Å². The van der Waals surface area contributed by atoms with E-state index in [-0.39, 0.29) is 18.2 Å². The molecule has 10 heteroatoms. The zero-order valence-electron chi connectivity index (χ0n) is 12.3. The van der Waals surface area contributed by atoms with Crippen molar-refractivity contribution in [2.24, 2.45) is 4.99 Å². The molecule has 4 amide bonds. The molecule has 4 aliphatic rings. The number of carbonyl (C=O) groups is 2. The van der Waals surface area contributed by atoms with Crippen molar-refractivity contribution in [3.63, 3.8) is 0 Å². The Morgan fingerprint density at radius 2 is 1.82 bits per heavy atom. The highest BCUT2D eigenvalue weighted by molar-refractivity contribution is 5.93. The summed E-state index contributed by atoms with van der Waals surface area (Å²) in [5, 5.41) is 12.5. The number of rotatable bonds is 2. The number of carbonyl (C=O) groups excluding carboxylic acids is 2. The van der Waals surface area contributed by atoms with E-state index in [2.05, 4.69) is 25.8 Å². The number of hydrogen-bond donors (Lipinski definition) is 3. The molecule has 0 saturated carbocycles. The topological polar surface area (TPSA) is 95.6 Å². The van der Waals surface area contributed by atoms with Crippen molar-refractivity contribution in [1.29, 1.82) is 0 Å². The first-order chi connectivity index (χ1) is 10.8. The SMILES string of the molecule is O=C1NCCN1C1C(N2CCNC2)=NCN1N1CCNC1=O. The number of amidine groups is 1. The number of hydrazine groups is 1. The van der Waals surface area contributed by atoms with E-state index in [1.54, 1.807) is 9.91 Å². The third-order valence-electron chi connectivity index (χ3n) is 4.41. The fourth-order valence-electron chi connectivity index (χ4n) is 3.34. The predicted octanol–water partition coefficient (Wildman–Crippen LogP) is -2.19. The van der Waals surface area contributed by atoms with Crippen LogP contribution in [-0.2, 0) is 0 Å². The molecular weight excluding hydrogens is 288 g/mol. The Kier molecular flexibility index (Phi) is 3.26. The molecule has 3 N–H and O–H groups in total. The molecule has 10 nitrogen and oxygen atoms in total. The third-order valence-corrected chi connectivity index (χ3v) is 4.41. The molecule has 0 aromatic heterocycles. The minimum absolute atomic E-state index is 0.101. The van der Waals surface area contributed by atoms with Crippen molar-refractivity contribution in [2.45, 2.75) is 6.17 Å². The maximum absolute atomic E-state index is 12.1. The predicted molar refractivity (Wildman–Crippen MR) is 77.7 cm³/mol. The summed E-state index contributed by atoms with van der Waals surface area (Å²) in [4.78, 5) is 32.7. The van der Waals surface area contributed by atoms with E-state index in [0.717, 1.165) is 25.6 Å². The van der Waals surface area contributed by atoms with Gasteiger partial charge in [0.05, 0.1) is 13.2 Å². The number of urea groups is 2. The monoisotopic (exact) mass is 308 g/mol. The van der Waals surface area contributed by atoms with Gasteiger partial charge in [0.2, 0.25) is 0 Å². The first-order valence-electron chi connectivity index (χ1n) is 7.62. The van der Waals surface area contributed by atoms with Gasteiger partial charge in [0.25, 0.3) is 0 Å². The van der Waals surface area contributed by atoms with Gasteiger partial charge < -0.3 is 15.5 Å². The lowest BCUT2D eigenvalue weighted by molar-refractivity contribution is -0.0164. The molecule has 120 valence electrons. The molecular formula is C12H20N8O2. The Morgan fingerprint density at radius 1 is 1.00 bits per heavy atom. The number of aliphatic imine (C=N–C) groups is 1. The van der Waals surface area contributed by atoms with Crippen LogP contribution in [0, 0.1) is 0 Å². The van der Waals surface area contributed by atoms with Crippen LogP contribution >= 0.6 is 0 Å². The van der Waals surface area contributed by atoms with Gasteiger partial charge in [-0.3, -0.25) is 20.2 Å². The van der Waals surface area contributed by atoms with E-state index in [1.165, 1.54) is 0 Å². The lowest BCUT2D eigenvalue weighted by atomic mass is 10.3. The molecule has 0 aromatic carbocycles. The highest BCUT2D eigenvalue weighted by Crippen LogP contribution is 2.23. The molecule has 1 unspecified atom stereocenters. The van der Waals surface area contributed by atoms with Crippen LogP contribution in [0.25, 0.3) is 0 Å². The Morgan fingerprint density at radius 3 is 2.45 bits per heavy atom. The van der Waals surface area contributed by atoms with Crippen LogP contribution in [0.2, 0.25) is 0 Å². The highest BCUT2D eigenvalue weighted by Gasteiger charge is 2.45. The molecule has 4 heterocycles. The standard InChI is InChI=1S/C12H20N8O2/c21-11-14-2-5-18(11)10-9(17-4-1-13-7-17)16-8-20(10)19-6-3-15-12(19)22/h10,13H,1-8H2,(H,14,21)(H,15,22). The van der Waals surface area contributed by atoms with E-state index in [9.17, 15) is 9.59 Å². The Bertz CT molecular complexity index is 517. The second-order valence-electron chi connectivity index (χ2n) is 5.67. The minimum atomic E-state index is -0.314. The summed E-state index contributed by atoms with van der Waals surface area (Å²) >= 11 is 0. The number of nitrogens with one attached hydrogen (secondary N) is 3. The number of amides is 4. The van der Waals surface area contributed by atoms with Crippen molar-refractivity contribution in [3.8, 4) is 0 Å². The van der Waals surface area contributed by atoms with Crippen LogP contribution in [0.4, 0.5) is 9.59 Å². The zero-order chi connectivity index (χ0) is 15.1. The van der Waals surface area contributed by atoms with Gasteiger partial charge in [0, 0.05) is 32.7 Å². The summed E-state index contributed by atoms with van der Waals surface area (Å²) in [6.45, 7) is 5.36. The summed E-state index contributed by atoms with van der Waals surface area (Å²) in [6.07, 6.45) is -0.314. The summed E-state index contributed by atoms with van der Waals surface area (Å²) in [5.41, 5.74) is 0. The van der Waals surface area contributed by atoms with Gasteiger partial charge in [-0.15, -0.1) is 0 Å². The molecule has 4 aliphatic heterocycles. The van der Waals surface area contributed by atoms with Gasteiger partial charge in [0.15, 0.2) is 6.17 Å². The van der Waals surface area contributed by atoms with Gasteiger partial charge in [-0.05, 0) is 0 Å². The molecule has 4 rings (SSSR count). The summed E-state index contributed by atoms with van der Waals surface area (Å²) < 4.78 is 0. The molecule has 0 aliphatic carbocycles. The maximum Gasteiger partial charge on any atom is 0.332 e. The second-order valence-corrected chi connectivity index (χ2v) is 5.67. The Hall–Kier alpha value is -2.07. The van der Waals surface area contributed by atoms with E-state index < -0.39 is 0 Å². The third kappa shape index (κ3) is 2.06. The normalized spacial score (nSPS) is 29.4. The lowest BCUT2D eigenvalue weighted by Gasteiger charge is -2.37. The number of nitrogens with zero attached hydrogens (tertiary/aromatic N) is 5. The lowest BCUT2D eigenvalue weighted by Crippen LogP contribution is -2.60. The van der Waals surface area contributed by atoms with Crippen LogP contribution < -0.4 is 16.0 Å². The quantitative estimate of drug-likeness (QED) is 0.539. The van der Waals surface area contributed by atoms with Crippen LogP contribution in [0.15, 0.2) is 4.99 Å². The van der Waals surface area contributed by atoms with Crippen LogP contribution in [-0.4, -0.2) is 96.5 Å². The van der Waals surface area contributed by atoms with Crippen LogP contribution in [0.3, 0.4) is 0 Å². The van der Waals surface area contributed by atoms with Gasteiger partial charge >= 0.3 is 12.1 Å². The maximum atomic E-state index is 12.1. The van der Waals surface area contributed by atoms with E-state index in [4.69, 9.17) is 0 Å². The molecule has 22 heavy (non-hydrogen) atoms. The molecule has 0 aromatic rings. The van der Waals surface area contributed by atoms with Gasteiger partial charge in [0.1, 0.15) is 12.5 Å². The first-order valence-corrected chi connectivity index (χ1v) is 7.62. The van der Waals surface area contributed by atoms with Crippen molar-refractivity contribution < 1.29 is 9.59 Å². The van der Waals surface area contributed by atoms with Crippen molar-refractivity contribution in [3.05, 3.63) is 0 Å². The van der Waals surface area contributed by atoms with Gasteiger partial charge in [-0.25, -0.2) is 9.59 Å². The summed E-state index contributed by atoms with van der Waals surface area (Å²) in [6, 6.07) is -0.225. The van der Waals surface area contributed by atoms with E-state index in [0.29, 0.717) is 32.8 Å². The van der Waals surface area contributed by atoms with Gasteiger partial charge in [-0.2, -0.15) is 5.01 Å². The fourth-order valence-corrected chi connectivity index (χ4v) is 3.34. The van der Waals surface area contributed by atoms with Crippen molar-refractivity contribution in [1.82, 2.24) is 35.8 Å². The summed E-state index contributed by atoms with van der Waals surface area (Å²) in [5.74, 6) is 0.863. The largest absolute Gasteiger partial charge is 0.343 e. The smallest absolute Gasteiger partial charge is 0.332 e. The van der Waals surface area contributed by atoms with Crippen molar-refractivity contribution in [2.75, 3.05) is 52.6 Å². The molecule has 0 spiro atoms. The average molecular weight is 308 g/mol. The second kappa shape index (κ2) is 5.29. The fraction of sp³-hybridized carbons (Fsp3) is 0.750.